The molecule has 4 rings (SSSR count). The summed E-state index contributed by atoms with van der Waals surface area (Å²) >= 11 is 0. The number of methoxy groups -OCH3 is 1. The molecular weight excluding hydrogens is 350 g/mol. The summed E-state index contributed by atoms with van der Waals surface area (Å²) in [4.78, 5) is 14.2. The third kappa shape index (κ3) is 4.23. The van der Waals surface area contributed by atoms with Gasteiger partial charge in [0.1, 0.15) is 11.6 Å². The van der Waals surface area contributed by atoms with E-state index in [1.165, 1.54) is 0 Å². The average molecular weight is 375 g/mol. The first-order valence-electron chi connectivity index (χ1n) is 9.50. The third-order valence-corrected chi connectivity index (χ3v) is 4.96. The summed E-state index contributed by atoms with van der Waals surface area (Å²) in [5.74, 6) is 2.38. The normalized spacial score (nSPS) is 14.7. The summed E-state index contributed by atoms with van der Waals surface area (Å²) in [5.41, 5.74) is 2.92. The van der Waals surface area contributed by atoms with Gasteiger partial charge < -0.3 is 19.9 Å². The van der Waals surface area contributed by atoms with Gasteiger partial charge >= 0.3 is 0 Å². The van der Waals surface area contributed by atoms with Gasteiger partial charge in [-0.05, 0) is 31.3 Å². The monoisotopic (exact) mass is 375 g/mol. The molecule has 28 heavy (non-hydrogen) atoms. The van der Waals surface area contributed by atoms with Crippen LogP contribution in [0.1, 0.15) is 0 Å². The average Bonchev–Trinajstić information content (AvgIpc) is 2.75. The molecule has 1 fully saturated rings. The van der Waals surface area contributed by atoms with Crippen LogP contribution >= 0.6 is 0 Å². The van der Waals surface area contributed by atoms with Crippen molar-refractivity contribution < 1.29 is 4.74 Å². The molecule has 0 spiro atoms. The van der Waals surface area contributed by atoms with Crippen LogP contribution in [0.25, 0.3) is 11.3 Å². The fourth-order valence-corrected chi connectivity index (χ4v) is 3.25. The van der Waals surface area contributed by atoms with Gasteiger partial charge in [0.25, 0.3) is 0 Å². The van der Waals surface area contributed by atoms with Crippen LogP contribution in [0.3, 0.4) is 0 Å². The van der Waals surface area contributed by atoms with E-state index in [-0.39, 0.29) is 0 Å². The molecule has 1 aliphatic heterocycles. The molecule has 1 saturated heterocycles. The zero-order valence-electron chi connectivity index (χ0n) is 16.3. The molecule has 144 valence electrons. The van der Waals surface area contributed by atoms with Gasteiger partial charge in [0, 0.05) is 43.5 Å². The molecule has 0 bridgehead atoms. The molecule has 2 heterocycles. The summed E-state index contributed by atoms with van der Waals surface area (Å²) in [6.07, 6.45) is 0. The number of hydrogen-bond acceptors (Lipinski definition) is 6. The Morgan fingerprint density at radius 1 is 0.893 bits per heavy atom. The molecule has 0 aliphatic carbocycles. The lowest BCUT2D eigenvalue weighted by molar-refractivity contribution is 0.312. The number of nitrogens with zero attached hydrogens (tertiary/aromatic N) is 4. The van der Waals surface area contributed by atoms with E-state index in [4.69, 9.17) is 14.7 Å². The molecule has 6 nitrogen and oxygen atoms in total. The molecule has 1 aromatic heterocycles. The van der Waals surface area contributed by atoms with Crippen molar-refractivity contribution in [2.24, 2.45) is 0 Å². The van der Waals surface area contributed by atoms with Gasteiger partial charge in [0.05, 0.1) is 12.8 Å². The number of nitrogens with one attached hydrogen (secondary N) is 1. The standard InChI is InChI=1S/C22H25N5O/c1-26-12-14-27(15-13-26)21-16-20(17-6-4-3-5-7-17)24-22(25-21)23-18-8-10-19(28-2)11-9-18/h3-11,16H,12-15H2,1-2H3,(H,23,24,25). The Bertz CT molecular complexity index is 906. The molecule has 0 unspecified atom stereocenters. The minimum Gasteiger partial charge on any atom is -0.497 e. The molecule has 0 amide bonds. The van der Waals surface area contributed by atoms with Crippen LogP contribution in [0.15, 0.2) is 60.7 Å². The summed E-state index contributed by atoms with van der Waals surface area (Å²) in [6, 6.07) is 20.1. The highest BCUT2D eigenvalue weighted by Crippen LogP contribution is 2.26. The van der Waals surface area contributed by atoms with Crippen molar-refractivity contribution in [3.05, 3.63) is 60.7 Å². The van der Waals surface area contributed by atoms with Crippen LogP contribution in [0.4, 0.5) is 17.5 Å². The van der Waals surface area contributed by atoms with Crippen molar-refractivity contribution in [1.82, 2.24) is 14.9 Å². The fourth-order valence-electron chi connectivity index (χ4n) is 3.25. The lowest BCUT2D eigenvalue weighted by atomic mass is 10.1. The first kappa shape index (κ1) is 18.3. The van der Waals surface area contributed by atoms with Crippen molar-refractivity contribution in [2.45, 2.75) is 0 Å². The highest BCUT2D eigenvalue weighted by Gasteiger charge is 2.17. The maximum absolute atomic E-state index is 5.23. The zero-order valence-corrected chi connectivity index (χ0v) is 16.3. The van der Waals surface area contributed by atoms with Gasteiger partial charge in [-0.25, -0.2) is 4.98 Å². The number of aromatic nitrogens is 2. The number of benzene rings is 2. The van der Waals surface area contributed by atoms with Crippen molar-refractivity contribution in [1.29, 1.82) is 0 Å². The molecule has 0 atom stereocenters. The van der Waals surface area contributed by atoms with Crippen LogP contribution < -0.4 is 15.0 Å². The Morgan fingerprint density at radius 2 is 1.61 bits per heavy atom. The molecule has 1 N–H and O–H groups in total. The summed E-state index contributed by atoms with van der Waals surface area (Å²) in [7, 11) is 3.82. The molecule has 0 saturated carbocycles. The quantitative estimate of drug-likeness (QED) is 0.735. The van der Waals surface area contributed by atoms with Gasteiger partial charge in [-0.15, -0.1) is 0 Å². The summed E-state index contributed by atoms with van der Waals surface area (Å²) in [5, 5.41) is 3.34. The van der Waals surface area contributed by atoms with Crippen LogP contribution in [-0.4, -0.2) is 55.2 Å². The Labute approximate surface area is 165 Å². The maximum Gasteiger partial charge on any atom is 0.229 e. The van der Waals surface area contributed by atoms with E-state index in [2.05, 4.69) is 40.4 Å². The van der Waals surface area contributed by atoms with Crippen molar-refractivity contribution in [2.75, 3.05) is 50.6 Å². The van der Waals surface area contributed by atoms with Crippen molar-refractivity contribution >= 4 is 17.5 Å². The van der Waals surface area contributed by atoms with Crippen LogP contribution in [0, 0.1) is 0 Å². The lowest BCUT2D eigenvalue weighted by Crippen LogP contribution is -2.44. The SMILES string of the molecule is COc1ccc(Nc2nc(-c3ccccc3)cc(N3CCN(C)CC3)n2)cc1. The number of rotatable bonds is 5. The number of piperazine rings is 1. The lowest BCUT2D eigenvalue weighted by Gasteiger charge is -2.33. The highest BCUT2D eigenvalue weighted by atomic mass is 16.5. The largest absolute Gasteiger partial charge is 0.497 e. The second-order valence-corrected chi connectivity index (χ2v) is 6.94. The summed E-state index contributed by atoms with van der Waals surface area (Å²) < 4.78 is 5.23. The first-order chi connectivity index (χ1) is 13.7. The van der Waals surface area contributed by atoms with E-state index in [1.807, 2.05) is 42.5 Å². The predicted molar refractivity (Wildman–Crippen MR) is 113 cm³/mol. The maximum atomic E-state index is 5.23. The van der Waals surface area contributed by atoms with E-state index in [9.17, 15) is 0 Å². The number of likely N-dealkylation sites (N-methyl/N-ethyl adjacent to an activating group) is 1. The molecule has 2 aromatic carbocycles. The number of anilines is 3. The van der Waals surface area contributed by atoms with E-state index < -0.39 is 0 Å². The Kier molecular flexibility index (Phi) is 5.39. The van der Waals surface area contributed by atoms with Gasteiger partial charge in [-0.3, -0.25) is 0 Å². The van der Waals surface area contributed by atoms with E-state index in [0.29, 0.717) is 5.95 Å². The number of ether oxygens (including phenoxy) is 1. The fraction of sp³-hybridized carbons (Fsp3) is 0.273. The smallest absolute Gasteiger partial charge is 0.229 e. The minimum absolute atomic E-state index is 0.598. The molecule has 6 heteroatoms. The van der Waals surface area contributed by atoms with E-state index in [1.54, 1.807) is 7.11 Å². The van der Waals surface area contributed by atoms with Crippen molar-refractivity contribution in [3.63, 3.8) is 0 Å². The van der Waals surface area contributed by atoms with Gasteiger partial charge in [-0.2, -0.15) is 4.98 Å². The van der Waals surface area contributed by atoms with E-state index >= 15 is 0 Å². The second kappa shape index (κ2) is 8.27. The molecular formula is C22H25N5O. The van der Waals surface area contributed by atoms with Gasteiger partial charge in [0.15, 0.2) is 0 Å². The summed E-state index contributed by atoms with van der Waals surface area (Å²) in [6.45, 7) is 3.99. The third-order valence-electron chi connectivity index (χ3n) is 4.96. The molecule has 3 aromatic rings. The van der Waals surface area contributed by atoms with Gasteiger partial charge in [0.2, 0.25) is 5.95 Å². The number of hydrogen-bond donors (Lipinski definition) is 1. The van der Waals surface area contributed by atoms with Crippen molar-refractivity contribution in [3.8, 4) is 17.0 Å². The minimum atomic E-state index is 0.598. The van der Waals surface area contributed by atoms with E-state index in [0.717, 1.165) is 54.7 Å². The first-order valence-corrected chi connectivity index (χ1v) is 9.50. The zero-order chi connectivity index (χ0) is 19.3. The highest BCUT2D eigenvalue weighted by molar-refractivity contribution is 5.66. The Balaban J connectivity index is 1.66. The van der Waals surface area contributed by atoms with Crippen LogP contribution in [0.2, 0.25) is 0 Å². The Morgan fingerprint density at radius 3 is 2.29 bits per heavy atom. The second-order valence-electron chi connectivity index (χ2n) is 6.94. The van der Waals surface area contributed by atoms with Gasteiger partial charge in [-0.1, -0.05) is 30.3 Å². The van der Waals surface area contributed by atoms with Crippen LogP contribution in [0.5, 0.6) is 5.75 Å². The predicted octanol–water partition coefficient (Wildman–Crippen LogP) is 3.65. The molecule has 1 aliphatic rings. The topological polar surface area (TPSA) is 53.5 Å². The Hall–Kier alpha value is -3.12. The molecule has 0 radical (unpaired) electrons. The van der Waals surface area contributed by atoms with Crippen LogP contribution in [-0.2, 0) is 0 Å².